The predicted octanol–water partition coefficient (Wildman–Crippen LogP) is 1.72. The molecule has 0 saturated carbocycles. The van der Waals surface area contributed by atoms with E-state index < -0.39 is 0 Å². The van der Waals surface area contributed by atoms with Crippen LogP contribution >= 0.6 is 0 Å². The van der Waals surface area contributed by atoms with Crippen molar-refractivity contribution in [2.45, 2.75) is 12.3 Å². The molecule has 0 radical (unpaired) electrons. The van der Waals surface area contributed by atoms with Crippen LogP contribution < -0.4 is 4.74 Å². The van der Waals surface area contributed by atoms with Crippen molar-refractivity contribution in [3.63, 3.8) is 0 Å². The highest BCUT2D eigenvalue weighted by atomic mass is 16.5. The zero-order valence-corrected chi connectivity index (χ0v) is 10.6. The molecule has 1 saturated heterocycles. The summed E-state index contributed by atoms with van der Waals surface area (Å²) in [6.07, 6.45) is 1.12. The van der Waals surface area contributed by atoms with Gasteiger partial charge in [-0.1, -0.05) is 12.1 Å². The van der Waals surface area contributed by atoms with Crippen molar-refractivity contribution in [3.05, 3.63) is 29.8 Å². The molecule has 0 aromatic heterocycles. The van der Waals surface area contributed by atoms with Gasteiger partial charge in [0.2, 0.25) is 0 Å². The molecule has 94 valence electrons. The lowest BCUT2D eigenvalue weighted by molar-refractivity contribution is 0.118. The van der Waals surface area contributed by atoms with E-state index in [1.54, 1.807) is 7.11 Å². The third-order valence-corrected chi connectivity index (χ3v) is 3.72. The lowest BCUT2D eigenvalue weighted by Crippen LogP contribution is -2.38. The Kier molecular flexibility index (Phi) is 4.02. The highest BCUT2D eigenvalue weighted by molar-refractivity contribution is 5.30. The van der Waals surface area contributed by atoms with E-state index >= 15 is 0 Å². The van der Waals surface area contributed by atoms with Gasteiger partial charge in [-0.3, -0.25) is 0 Å². The first-order valence-corrected chi connectivity index (χ1v) is 6.18. The topological polar surface area (TPSA) is 32.7 Å². The number of aliphatic hydroxyl groups is 1. The number of benzene rings is 1. The number of aliphatic hydroxyl groups excluding tert-OH is 1. The normalized spacial score (nSPS) is 25.8. The van der Waals surface area contributed by atoms with Gasteiger partial charge >= 0.3 is 0 Å². The van der Waals surface area contributed by atoms with Crippen LogP contribution in [0, 0.1) is 5.92 Å². The molecule has 0 spiro atoms. The minimum atomic E-state index is 0.265. The summed E-state index contributed by atoms with van der Waals surface area (Å²) in [6.45, 7) is 2.35. The van der Waals surface area contributed by atoms with Gasteiger partial charge in [-0.25, -0.2) is 0 Å². The van der Waals surface area contributed by atoms with Gasteiger partial charge in [0.1, 0.15) is 5.75 Å². The molecule has 0 bridgehead atoms. The second kappa shape index (κ2) is 5.52. The minimum absolute atomic E-state index is 0.265. The molecule has 0 amide bonds. The fourth-order valence-corrected chi connectivity index (χ4v) is 2.69. The molecule has 17 heavy (non-hydrogen) atoms. The first-order chi connectivity index (χ1) is 8.24. The zero-order chi connectivity index (χ0) is 12.3. The maximum absolute atomic E-state index is 9.49. The highest BCUT2D eigenvalue weighted by Crippen LogP contribution is 2.33. The van der Waals surface area contributed by atoms with Crippen LogP contribution in [0.2, 0.25) is 0 Å². The number of rotatable bonds is 3. The van der Waals surface area contributed by atoms with Gasteiger partial charge in [0.25, 0.3) is 0 Å². The largest absolute Gasteiger partial charge is 0.497 e. The maximum atomic E-state index is 9.49. The Balaban J connectivity index is 2.13. The minimum Gasteiger partial charge on any atom is -0.497 e. The van der Waals surface area contributed by atoms with Gasteiger partial charge in [0.15, 0.2) is 0 Å². The summed E-state index contributed by atoms with van der Waals surface area (Å²) >= 11 is 0. The molecular weight excluding hydrogens is 214 g/mol. The van der Waals surface area contributed by atoms with Gasteiger partial charge < -0.3 is 14.7 Å². The monoisotopic (exact) mass is 235 g/mol. The molecule has 1 heterocycles. The van der Waals surface area contributed by atoms with Crippen LogP contribution in [0.4, 0.5) is 0 Å². The SMILES string of the molecule is COc1ccc(C2CCN(C)CC2CO)cc1. The van der Waals surface area contributed by atoms with Crippen molar-refractivity contribution in [1.29, 1.82) is 0 Å². The van der Waals surface area contributed by atoms with E-state index in [0.717, 1.165) is 25.3 Å². The summed E-state index contributed by atoms with van der Waals surface area (Å²) in [5.41, 5.74) is 1.32. The number of likely N-dealkylation sites (tertiary alicyclic amines) is 1. The van der Waals surface area contributed by atoms with Crippen molar-refractivity contribution < 1.29 is 9.84 Å². The van der Waals surface area contributed by atoms with Crippen molar-refractivity contribution in [2.75, 3.05) is 33.9 Å². The van der Waals surface area contributed by atoms with E-state index in [9.17, 15) is 5.11 Å². The summed E-state index contributed by atoms with van der Waals surface area (Å²) in [5, 5.41) is 9.49. The Hall–Kier alpha value is -1.06. The summed E-state index contributed by atoms with van der Waals surface area (Å²) in [4.78, 5) is 2.29. The number of ether oxygens (including phenoxy) is 1. The van der Waals surface area contributed by atoms with Crippen molar-refractivity contribution in [3.8, 4) is 5.75 Å². The number of methoxy groups -OCH3 is 1. The summed E-state index contributed by atoms with van der Waals surface area (Å²) < 4.78 is 5.17. The van der Waals surface area contributed by atoms with Gasteiger partial charge in [-0.05, 0) is 43.6 Å². The molecule has 1 aliphatic rings. The van der Waals surface area contributed by atoms with Gasteiger partial charge in [0.05, 0.1) is 7.11 Å². The van der Waals surface area contributed by atoms with Gasteiger partial charge in [-0.2, -0.15) is 0 Å². The third kappa shape index (κ3) is 2.79. The molecule has 1 aliphatic heterocycles. The molecule has 0 aliphatic carbocycles. The van der Waals surface area contributed by atoms with Crippen LogP contribution in [-0.4, -0.2) is 43.9 Å². The second-order valence-electron chi connectivity index (χ2n) is 4.87. The van der Waals surface area contributed by atoms with E-state index in [0.29, 0.717) is 11.8 Å². The average Bonchev–Trinajstić information content (AvgIpc) is 2.39. The third-order valence-electron chi connectivity index (χ3n) is 3.72. The van der Waals surface area contributed by atoms with E-state index in [4.69, 9.17) is 4.74 Å². The van der Waals surface area contributed by atoms with Crippen molar-refractivity contribution in [2.24, 2.45) is 5.92 Å². The van der Waals surface area contributed by atoms with E-state index in [2.05, 4.69) is 24.1 Å². The Morgan fingerprint density at radius 1 is 1.35 bits per heavy atom. The predicted molar refractivity (Wildman–Crippen MR) is 68.4 cm³/mol. The first kappa shape index (κ1) is 12.4. The Bertz CT molecular complexity index is 350. The fourth-order valence-electron chi connectivity index (χ4n) is 2.69. The van der Waals surface area contributed by atoms with E-state index in [1.165, 1.54) is 5.56 Å². The highest BCUT2D eigenvalue weighted by Gasteiger charge is 2.28. The van der Waals surface area contributed by atoms with Crippen LogP contribution in [0.3, 0.4) is 0 Å². The molecule has 2 atom stereocenters. The second-order valence-corrected chi connectivity index (χ2v) is 4.87. The molecule has 3 heteroatoms. The Morgan fingerprint density at radius 3 is 2.65 bits per heavy atom. The molecule has 2 rings (SSSR count). The Morgan fingerprint density at radius 2 is 2.06 bits per heavy atom. The first-order valence-electron chi connectivity index (χ1n) is 6.18. The van der Waals surface area contributed by atoms with E-state index in [1.807, 2.05) is 12.1 Å². The standard InChI is InChI=1S/C14H21NO2/c1-15-8-7-14(12(9-15)10-16)11-3-5-13(17-2)6-4-11/h3-6,12,14,16H,7-10H2,1-2H3. The molecule has 3 nitrogen and oxygen atoms in total. The number of piperidine rings is 1. The van der Waals surface area contributed by atoms with Crippen LogP contribution in [0.1, 0.15) is 17.9 Å². The summed E-state index contributed by atoms with van der Waals surface area (Å²) in [7, 11) is 3.80. The lowest BCUT2D eigenvalue weighted by atomic mass is 9.81. The molecule has 1 aromatic rings. The number of hydrogen-bond acceptors (Lipinski definition) is 3. The zero-order valence-electron chi connectivity index (χ0n) is 10.6. The van der Waals surface area contributed by atoms with Crippen LogP contribution in [-0.2, 0) is 0 Å². The lowest BCUT2D eigenvalue weighted by Gasteiger charge is -2.36. The number of hydrogen-bond donors (Lipinski definition) is 1. The molecule has 1 N–H and O–H groups in total. The average molecular weight is 235 g/mol. The maximum Gasteiger partial charge on any atom is 0.118 e. The summed E-state index contributed by atoms with van der Waals surface area (Å²) in [6, 6.07) is 8.25. The van der Waals surface area contributed by atoms with Crippen LogP contribution in [0.5, 0.6) is 5.75 Å². The van der Waals surface area contributed by atoms with Gasteiger partial charge in [0, 0.05) is 19.1 Å². The smallest absolute Gasteiger partial charge is 0.118 e. The van der Waals surface area contributed by atoms with Gasteiger partial charge in [-0.15, -0.1) is 0 Å². The van der Waals surface area contributed by atoms with Crippen molar-refractivity contribution >= 4 is 0 Å². The fraction of sp³-hybridized carbons (Fsp3) is 0.571. The molecule has 2 unspecified atom stereocenters. The summed E-state index contributed by atoms with van der Waals surface area (Å²) in [5.74, 6) is 1.71. The number of nitrogens with zero attached hydrogens (tertiary/aromatic N) is 1. The molecule has 1 aromatic carbocycles. The van der Waals surface area contributed by atoms with Crippen LogP contribution in [0.25, 0.3) is 0 Å². The van der Waals surface area contributed by atoms with Crippen molar-refractivity contribution in [1.82, 2.24) is 4.90 Å². The Labute approximate surface area is 103 Å². The molecular formula is C14H21NO2. The van der Waals surface area contributed by atoms with E-state index in [-0.39, 0.29) is 6.61 Å². The van der Waals surface area contributed by atoms with Crippen LogP contribution in [0.15, 0.2) is 24.3 Å². The molecule has 1 fully saturated rings. The quantitative estimate of drug-likeness (QED) is 0.866.